The Morgan fingerprint density at radius 2 is 1.74 bits per heavy atom. The number of rotatable bonds is 3. The largest absolute Gasteiger partial charge is 0.280 e. The van der Waals surface area contributed by atoms with Crippen LogP contribution in [-0.2, 0) is 4.79 Å². The number of fused-ring (bicyclic) bond motifs is 1. The van der Waals surface area contributed by atoms with E-state index in [1.807, 2.05) is 49.4 Å². The molecule has 1 saturated carbocycles. The number of carbonyl (C=O) groups excluding carboxylic acids is 1. The fourth-order valence-corrected chi connectivity index (χ4v) is 4.64. The van der Waals surface area contributed by atoms with Crippen LogP contribution in [0.5, 0.6) is 0 Å². The summed E-state index contributed by atoms with van der Waals surface area (Å²) >= 11 is 0. The minimum absolute atomic E-state index is 0.0812. The lowest BCUT2D eigenvalue weighted by atomic mass is 9.70. The molecule has 0 saturated heterocycles. The number of nitrogens with zero attached hydrogens (tertiary/aromatic N) is 2. The van der Waals surface area contributed by atoms with Crippen LogP contribution in [0.4, 0.5) is 0 Å². The average Bonchev–Trinajstić information content (AvgIpc) is 2.75. The van der Waals surface area contributed by atoms with Crippen molar-refractivity contribution in [2.24, 2.45) is 17.3 Å². The van der Waals surface area contributed by atoms with E-state index in [4.69, 9.17) is 4.98 Å². The number of aromatic nitrogens is 2. The average molecular weight is 418 g/mol. The van der Waals surface area contributed by atoms with Gasteiger partial charge in [-0.3, -0.25) is 15.0 Å². The number of aryl methyl sites for hydroxylation is 1. The molecule has 1 aromatic heterocycles. The first-order valence-corrected chi connectivity index (χ1v) is 11.1. The predicted octanol–water partition coefficient (Wildman–Crippen LogP) is 5.29. The Kier molecular flexibility index (Phi) is 5.69. The van der Waals surface area contributed by atoms with Crippen LogP contribution in [0.2, 0.25) is 0 Å². The van der Waals surface area contributed by atoms with E-state index in [9.17, 15) is 9.59 Å². The van der Waals surface area contributed by atoms with E-state index in [1.165, 1.54) is 4.68 Å². The van der Waals surface area contributed by atoms with Gasteiger partial charge in [-0.15, -0.1) is 0 Å². The highest BCUT2D eigenvalue weighted by Gasteiger charge is 2.32. The van der Waals surface area contributed by atoms with Gasteiger partial charge in [-0.2, -0.15) is 4.68 Å². The molecule has 2 aromatic carbocycles. The Bertz CT molecular complexity index is 1170. The van der Waals surface area contributed by atoms with E-state index < -0.39 is 0 Å². The third-order valence-corrected chi connectivity index (χ3v) is 6.60. The summed E-state index contributed by atoms with van der Waals surface area (Å²) < 4.78 is 1.34. The van der Waals surface area contributed by atoms with Gasteiger partial charge >= 0.3 is 0 Å². The molecule has 4 rings (SSSR count). The second kappa shape index (κ2) is 8.29. The summed E-state index contributed by atoms with van der Waals surface area (Å²) in [6.07, 6.45) is 3.78. The summed E-state index contributed by atoms with van der Waals surface area (Å²) in [4.78, 5) is 31.2. The smallest absolute Gasteiger partial charge is 0.273 e. The Hall–Kier alpha value is -2.95. The zero-order valence-electron chi connectivity index (χ0n) is 18.8. The van der Waals surface area contributed by atoms with E-state index in [1.54, 1.807) is 6.07 Å². The van der Waals surface area contributed by atoms with Crippen molar-refractivity contribution in [2.75, 3.05) is 5.43 Å². The first-order chi connectivity index (χ1) is 14.7. The first-order valence-electron chi connectivity index (χ1n) is 11.1. The molecule has 0 aliphatic heterocycles. The van der Waals surface area contributed by atoms with Crippen molar-refractivity contribution in [3.63, 3.8) is 0 Å². The summed E-state index contributed by atoms with van der Waals surface area (Å²) in [6.45, 7) is 8.81. The van der Waals surface area contributed by atoms with Crippen LogP contribution >= 0.6 is 0 Å². The molecule has 1 aliphatic carbocycles. The van der Waals surface area contributed by atoms with Crippen molar-refractivity contribution >= 4 is 16.8 Å². The maximum atomic E-state index is 13.3. The van der Waals surface area contributed by atoms with Gasteiger partial charge in [-0.25, -0.2) is 4.98 Å². The zero-order valence-corrected chi connectivity index (χ0v) is 18.8. The second-order valence-corrected chi connectivity index (χ2v) is 9.85. The maximum Gasteiger partial charge on any atom is 0.280 e. The van der Waals surface area contributed by atoms with Crippen molar-refractivity contribution in [1.29, 1.82) is 0 Å². The predicted molar refractivity (Wildman–Crippen MR) is 125 cm³/mol. The highest BCUT2D eigenvalue weighted by Crippen LogP contribution is 2.39. The SMILES string of the molecule is Cc1cccc(-c2nc3ccccc3c(=O)n2NC(=O)C2CCC(C(C)(C)C)CC2)c1. The number of benzene rings is 2. The van der Waals surface area contributed by atoms with E-state index in [0.717, 1.165) is 36.8 Å². The molecule has 162 valence electrons. The number of nitrogens with one attached hydrogen (secondary N) is 1. The molecular formula is C26H31N3O2. The molecule has 1 fully saturated rings. The highest BCUT2D eigenvalue weighted by atomic mass is 16.2. The van der Waals surface area contributed by atoms with Crippen molar-refractivity contribution < 1.29 is 4.79 Å². The van der Waals surface area contributed by atoms with Crippen molar-refractivity contribution in [3.8, 4) is 11.4 Å². The van der Waals surface area contributed by atoms with Gasteiger partial charge in [0, 0.05) is 11.5 Å². The van der Waals surface area contributed by atoms with Gasteiger partial charge in [0.2, 0.25) is 5.91 Å². The number of carbonyl (C=O) groups is 1. The van der Waals surface area contributed by atoms with E-state index >= 15 is 0 Å². The molecule has 31 heavy (non-hydrogen) atoms. The first kappa shape index (κ1) is 21.3. The monoisotopic (exact) mass is 417 g/mol. The Labute approximate surface area is 183 Å². The van der Waals surface area contributed by atoms with Gasteiger partial charge in [-0.05, 0) is 62.1 Å². The van der Waals surface area contributed by atoms with Crippen LogP contribution in [0.25, 0.3) is 22.3 Å². The molecular weight excluding hydrogens is 386 g/mol. The van der Waals surface area contributed by atoms with Crippen LogP contribution in [-0.4, -0.2) is 15.6 Å². The van der Waals surface area contributed by atoms with E-state index in [-0.39, 0.29) is 22.8 Å². The minimum Gasteiger partial charge on any atom is -0.273 e. The standard InChI is InChI=1S/C26H31N3O2/c1-17-8-7-9-19(16-17)23-27-22-11-6-5-10-21(22)25(31)29(23)28-24(30)18-12-14-20(15-13-18)26(2,3)4/h5-11,16,18,20H,12-15H2,1-4H3,(H,28,30). The molecule has 0 unspecified atom stereocenters. The molecule has 5 nitrogen and oxygen atoms in total. The molecule has 5 heteroatoms. The third kappa shape index (κ3) is 4.41. The van der Waals surface area contributed by atoms with Gasteiger partial charge in [0.25, 0.3) is 5.56 Å². The molecule has 1 aliphatic rings. The van der Waals surface area contributed by atoms with Crippen molar-refractivity contribution in [2.45, 2.75) is 53.4 Å². The minimum atomic E-state index is -0.251. The molecule has 0 radical (unpaired) electrons. The number of amides is 1. The zero-order chi connectivity index (χ0) is 22.2. The lowest BCUT2D eigenvalue weighted by molar-refractivity contribution is -0.122. The van der Waals surface area contributed by atoms with Crippen LogP contribution in [0.15, 0.2) is 53.3 Å². The second-order valence-electron chi connectivity index (χ2n) is 9.85. The van der Waals surface area contributed by atoms with Crippen LogP contribution in [0.3, 0.4) is 0 Å². The van der Waals surface area contributed by atoms with Crippen LogP contribution in [0, 0.1) is 24.2 Å². The normalized spacial score (nSPS) is 19.4. The van der Waals surface area contributed by atoms with E-state index in [0.29, 0.717) is 22.6 Å². The summed E-state index contributed by atoms with van der Waals surface area (Å²) in [6, 6.07) is 15.1. The Balaban J connectivity index is 1.68. The summed E-state index contributed by atoms with van der Waals surface area (Å²) in [5, 5.41) is 0.496. The Morgan fingerprint density at radius 1 is 1.03 bits per heavy atom. The van der Waals surface area contributed by atoms with Crippen LogP contribution in [0.1, 0.15) is 52.0 Å². The molecule has 0 bridgehead atoms. The molecule has 3 aromatic rings. The van der Waals surface area contributed by atoms with Crippen molar-refractivity contribution in [3.05, 3.63) is 64.4 Å². The fourth-order valence-electron chi connectivity index (χ4n) is 4.64. The Morgan fingerprint density at radius 3 is 2.42 bits per heavy atom. The molecule has 0 atom stereocenters. The van der Waals surface area contributed by atoms with Crippen LogP contribution < -0.4 is 11.0 Å². The molecule has 1 heterocycles. The third-order valence-electron chi connectivity index (χ3n) is 6.60. The number of hydrogen-bond acceptors (Lipinski definition) is 3. The van der Waals surface area contributed by atoms with Gasteiger partial charge in [0.1, 0.15) is 0 Å². The van der Waals surface area contributed by atoms with E-state index in [2.05, 4.69) is 26.2 Å². The van der Waals surface area contributed by atoms with Gasteiger partial charge in [0.05, 0.1) is 10.9 Å². The summed E-state index contributed by atoms with van der Waals surface area (Å²) in [5.74, 6) is 0.913. The lowest BCUT2D eigenvalue weighted by Crippen LogP contribution is -2.39. The highest BCUT2D eigenvalue weighted by molar-refractivity contribution is 5.88. The van der Waals surface area contributed by atoms with Crippen molar-refractivity contribution in [1.82, 2.24) is 9.66 Å². The maximum absolute atomic E-state index is 13.3. The van der Waals surface area contributed by atoms with Gasteiger partial charge < -0.3 is 0 Å². The summed E-state index contributed by atoms with van der Waals surface area (Å²) in [5.41, 5.74) is 5.42. The molecule has 0 spiro atoms. The number of para-hydroxylation sites is 1. The molecule has 1 N–H and O–H groups in total. The fraction of sp³-hybridized carbons (Fsp3) is 0.423. The summed E-state index contributed by atoms with van der Waals surface area (Å²) in [7, 11) is 0. The van der Waals surface area contributed by atoms with Gasteiger partial charge in [-0.1, -0.05) is 56.7 Å². The quantitative estimate of drug-likeness (QED) is 0.629. The lowest BCUT2D eigenvalue weighted by Gasteiger charge is -2.36. The number of hydrogen-bond donors (Lipinski definition) is 1. The van der Waals surface area contributed by atoms with Gasteiger partial charge in [0.15, 0.2) is 5.82 Å². The topological polar surface area (TPSA) is 64.0 Å². The molecule has 1 amide bonds.